The molecule has 0 saturated heterocycles. The highest BCUT2D eigenvalue weighted by molar-refractivity contribution is 4.81. The van der Waals surface area contributed by atoms with Gasteiger partial charge in [0.1, 0.15) is 0 Å². The SMILES string of the molecule is CCCC(C)C(O)(CC)CCC. The van der Waals surface area contributed by atoms with E-state index in [2.05, 4.69) is 27.7 Å². The molecule has 0 aromatic carbocycles. The number of aliphatic hydroxyl groups is 1. The van der Waals surface area contributed by atoms with Gasteiger partial charge in [-0.15, -0.1) is 0 Å². The Labute approximate surface area is 77.2 Å². The van der Waals surface area contributed by atoms with Gasteiger partial charge in [0.05, 0.1) is 5.60 Å². The van der Waals surface area contributed by atoms with Crippen LogP contribution in [-0.2, 0) is 0 Å². The maximum Gasteiger partial charge on any atom is 0.0670 e. The van der Waals surface area contributed by atoms with Crippen molar-refractivity contribution in [3.63, 3.8) is 0 Å². The van der Waals surface area contributed by atoms with Crippen LogP contribution in [0.15, 0.2) is 0 Å². The molecule has 2 atom stereocenters. The standard InChI is InChI=1S/C11H24O/c1-5-8-10(4)11(12,7-3)9-6-2/h10,12H,5-9H2,1-4H3. The molecule has 0 aliphatic carbocycles. The van der Waals surface area contributed by atoms with Crippen molar-refractivity contribution in [2.75, 3.05) is 0 Å². The van der Waals surface area contributed by atoms with Crippen LogP contribution in [-0.4, -0.2) is 10.7 Å². The summed E-state index contributed by atoms with van der Waals surface area (Å²) in [6, 6.07) is 0. The van der Waals surface area contributed by atoms with Gasteiger partial charge in [0, 0.05) is 0 Å². The highest BCUT2D eigenvalue weighted by atomic mass is 16.3. The average molecular weight is 172 g/mol. The molecule has 0 aromatic rings. The van der Waals surface area contributed by atoms with Crippen LogP contribution in [0.1, 0.15) is 59.8 Å². The minimum absolute atomic E-state index is 0.398. The Morgan fingerprint density at radius 3 is 2.08 bits per heavy atom. The normalized spacial score (nSPS) is 18.8. The summed E-state index contributed by atoms with van der Waals surface area (Å²) < 4.78 is 0. The van der Waals surface area contributed by atoms with Crippen molar-refractivity contribution in [3.05, 3.63) is 0 Å². The van der Waals surface area contributed by atoms with Crippen LogP contribution < -0.4 is 0 Å². The summed E-state index contributed by atoms with van der Waals surface area (Å²) in [6.07, 6.45) is 5.24. The van der Waals surface area contributed by atoms with E-state index in [1.54, 1.807) is 0 Å². The minimum atomic E-state index is -0.398. The molecule has 1 N–H and O–H groups in total. The average Bonchev–Trinajstić information content (AvgIpc) is 2.05. The summed E-state index contributed by atoms with van der Waals surface area (Å²) in [5, 5.41) is 10.2. The molecule has 1 heteroatoms. The lowest BCUT2D eigenvalue weighted by molar-refractivity contribution is -0.0269. The fourth-order valence-electron chi connectivity index (χ4n) is 1.91. The number of hydrogen-bond acceptors (Lipinski definition) is 1. The monoisotopic (exact) mass is 172 g/mol. The van der Waals surface area contributed by atoms with Crippen LogP contribution in [0.5, 0.6) is 0 Å². The number of rotatable bonds is 6. The van der Waals surface area contributed by atoms with E-state index < -0.39 is 5.60 Å². The molecule has 1 nitrogen and oxygen atoms in total. The molecule has 0 fully saturated rings. The molecule has 74 valence electrons. The third kappa shape index (κ3) is 3.14. The summed E-state index contributed by atoms with van der Waals surface area (Å²) in [7, 11) is 0. The molecular formula is C11H24O. The van der Waals surface area contributed by atoms with Gasteiger partial charge in [0.2, 0.25) is 0 Å². The smallest absolute Gasteiger partial charge is 0.0670 e. The quantitative estimate of drug-likeness (QED) is 0.651. The van der Waals surface area contributed by atoms with Gasteiger partial charge in [-0.2, -0.15) is 0 Å². The summed E-state index contributed by atoms with van der Waals surface area (Å²) in [5.41, 5.74) is -0.398. The maximum atomic E-state index is 10.2. The largest absolute Gasteiger partial charge is 0.390 e. The van der Waals surface area contributed by atoms with E-state index in [-0.39, 0.29) is 0 Å². The summed E-state index contributed by atoms with van der Waals surface area (Å²) in [5.74, 6) is 0.451. The topological polar surface area (TPSA) is 20.2 Å². The van der Waals surface area contributed by atoms with Crippen molar-refractivity contribution < 1.29 is 5.11 Å². The Balaban J connectivity index is 4.08. The fourth-order valence-corrected chi connectivity index (χ4v) is 1.91. The van der Waals surface area contributed by atoms with E-state index in [0.29, 0.717) is 5.92 Å². The summed E-state index contributed by atoms with van der Waals surface area (Å²) in [6.45, 7) is 8.57. The Kier molecular flexibility index (Phi) is 5.56. The molecule has 0 amide bonds. The highest BCUT2D eigenvalue weighted by Crippen LogP contribution is 2.29. The van der Waals surface area contributed by atoms with Crippen LogP contribution in [0.2, 0.25) is 0 Å². The van der Waals surface area contributed by atoms with E-state index >= 15 is 0 Å². The molecule has 0 aliphatic rings. The Morgan fingerprint density at radius 2 is 1.75 bits per heavy atom. The van der Waals surface area contributed by atoms with Gasteiger partial charge in [-0.25, -0.2) is 0 Å². The molecule has 12 heavy (non-hydrogen) atoms. The highest BCUT2D eigenvalue weighted by Gasteiger charge is 2.29. The zero-order valence-corrected chi connectivity index (χ0v) is 9.06. The van der Waals surface area contributed by atoms with Gasteiger partial charge in [-0.1, -0.05) is 40.5 Å². The molecule has 0 bridgehead atoms. The van der Waals surface area contributed by atoms with Crippen LogP contribution >= 0.6 is 0 Å². The Bertz CT molecular complexity index is 112. The molecule has 0 saturated carbocycles. The first-order chi connectivity index (χ1) is 5.60. The van der Waals surface area contributed by atoms with Crippen molar-refractivity contribution in [1.29, 1.82) is 0 Å². The van der Waals surface area contributed by atoms with E-state index in [1.807, 2.05) is 0 Å². The molecule has 0 aromatic heterocycles. The second kappa shape index (κ2) is 5.58. The van der Waals surface area contributed by atoms with Crippen molar-refractivity contribution in [2.24, 2.45) is 5.92 Å². The van der Waals surface area contributed by atoms with Gasteiger partial charge in [0.15, 0.2) is 0 Å². The van der Waals surface area contributed by atoms with Crippen molar-refractivity contribution in [2.45, 2.75) is 65.4 Å². The molecule has 0 rings (SSSR count). The lowest BCUT2D eigenvalue weighted by atomic mass is 9.80. The summed E-state index contributed by atoms with van der Waals surface area (Å²) >= 11 is 0. The Hall–Kier alpha value is -0.0400. The third-order valence-corrected chi connectivity index (χ3v) is 2.93. The molecule has 2 unspecified atom stereocenters. The van der Waals surface area contributed by atoms with Crippen LogP contribution in [0.4, 0.5) is 0 Å². The van der Waals surface area contributed by atoms with Crippen LogP contribution in [0, 0.1) is 5.92 Å². The second-order valence-corrected chi connectivity index (χ2v) is 3.90. The van der Waals surface area contributed by atoms with Gasteiger partial charge in [-0.05, 0) is 25.2 Å². The van der Waals surface area contributed by atoms with Gasteiger partial charge < -0.3 is 5.11 Å². The van der Waals surface area contributed by atoms with Crippen molar-refractivity contribution >= 4 is 0 Å². The van der Waals surface area contributed by atoms with Crippen LogP contribution in [0.25, 0.3) is 0 Å². The minimum Gasteiger partial charge on any atom is -0.390 e. The molecule has 0 heterocycles. The molecule has 0 radical (unpaired) electrons. The Morgan fingerprint density at radius 1 is 1.17 bits per heavy atom. The van der Waals surface area contributed by atoms with Crippen molar-refractivity contribution in [3.8, 4) is 0 Å². The molecule has 0 spiro atoms. The predicted molar refractivity (Wildman–Crippen MR) is 54.2 cm³/mol. The fraction of sp³-hybridized carbons (Fsp3) is 1.00. The summed E-state index contributed by atoms with van der Waals surface area (Å²) in [4.78, 5) is 0. The number of hydrogen-bond donors (Lipinski definition) is 1. The van der Waals surface area contributed by atoms with Gasteiger partial charge in [0.25, 0.3) is 0 Å². The third-order valence-electron chi connectivity index (χ3n) is 2.93. The van der Waals surface area contributed by atoms with Crippen LogP contribution in [0.3, 0.4) is 0 Å². The van der Waals surface area contributed by atoms with E-state index in [9.17, 15) is 5.11 Å². The van der Waals surface area contributed by atoms with Crippen molar-refractivity contribution in [1.82, 2.24) is 0 Å². The molecule has 0 aliphatic heterocycles. The van der Waals surface area contributed by atoms with E-state index in [4.69, 9.17) is 0 Å². The zero-order chi connectivity index (χ0) is 9.61. The van der Waals surface area contributed by atoms with E-state index in [0.717, 1.165) is 25.7 Å². The molecular weight excluding hydrogens is 148 g/mol. The lowest BCUT2D eigenvalue weighted by Gasteiger charge is -2.33. The first-order valence-corrected chi connectivity index (χ1v) is 5.33. The first kappa shape index (κ1) is 12.0. The van der Waals surface area contributed by atoms with Gasteiger partial charge in [-0.3, -0.25) is 0 Å². The first-order valence-electron chi connectivity index (χ1n) is 5.33. The van der Waals surface area contributed by atoms with E-state index in [1.165, 1.54) is 6.42 Å². The zero-order valence-electron chi connectivity index (χ0n) is 9.06. The lowest BCUT2D eigenvalue weighted by Crippen LogP contribution is -2.35. The predicted octanol–water partition coefficient (Wildman–Crippen LogP) is 3.36. The van der Waals surface area contributed by atoms with Gasteiger partial charge >= 0.3 is 0 Å². The maximum absolute atomic E-state index is 10.2. The second-order valence-electron chi connectivity index (χ2n) is 3.90.